The monoisotopic (exact) mass is 493 g/mol. The fourth-order valence-corrected chi connectivity index (χ4v) is 3.86. The molecule has 1 aliphatic rings. The van der Waals surface area contributed by atoms with Crippen LogP contribution in [0.15, 0.2) is 71.7 Å². The Labute approximate surface area is 198 Å². The Morgan fingerprint density at radius 3 is 1.97 bits per heavy atom. The molecule has 4 rings (SSSR count). The van der Waals surface area contributed by atoms with Crippen LogP contribution in [0.3, 0.4) is 0 Å². The topological polar surface area (TPSA) is 50.8 Å². The third-order valence-corrected chi connectivity index (χ3v) is 5.29. The molecule has 0 saturated heterocycles. The number of benzene rings is 3. The summed E-state index contributed by atoms with van der Waals surface area (Å²) < 4.78 is 69.5. The lowest BCUT2D eigenvalue weighted by atomic mass is 10.00. The minimum Gasteiger partial charge on any atom is -0.406 e. The number of amidine groups is 1. The van der Waals surface area contributed by atoms with Crippen LogP contribution in [0.5, 0.6) is 5.75 Å². The molecule has 0 radical (unpaired) electrons. The van der Waals surface area contributed by atoms with Crippen LogP contribution in [0.1, 0.15) is 24.6 Å². The molecule has 0 amide bonds. The van der Waals surface area contributed by atoms with E-state index in [9.17, 15) is 22.0 Å². The highest BCUT2D eigenvalue weighted by atomic mass is 32.1. The van der Waals surface area contributed by atoms with Crippen LogP contribution in [-0.2, 0) is 0 Å². The molecular weight excluding hydrogens is 473 g/mol. The van der Waals surface area contributed by atoms with Crippen LogP contribution >= 0.6 is 12.2 Å². The summed E-state index contributed by atoms with van der Waals surface area (Å²) in [6, 6.07) is 15.6. The number of ether oxygens (including phenoxy) is 1. The summed E-state index contributed by atoms with van der Waals surface area (Å²) in [5.41, 5.74) is 7.75. The summed E-state index contributed by atoms with van der Waals surface area (Å²) in [6.45, 7) is 0.184. The molecule has 0 aromatic heterocycles. The highest BCUT2D eigenvalue weighted by Crippen LogP contribution is 2.32. The van der Waals surface area contributed by atoms with Gasteiger partial charge in [0, 0.05) is 0 Å². The Kier molecular flexibility index (Phi) is 7.21. The number of aliphatic imine (C=N–C) groups is 1. The summed E-state index contributed by atoms with van der Waals surface area (Å²) in [7, 11) is 0. The van der Waals surface area contributed by atoms with Crippen molar-refractivity contribution in [3.63, 3.8) is 0 Å². The zero-order valence-electron chi connectivity index (χ0n) is 16.8. The zero-order chi connectivity index (χ0) is 23.8. The molecule has 1 heterocycles. The van der Waals surface area contributed by atoms with E-state index in [4.69, 9.17) is 18.0 Å². The van der Waals surface area contributed by atoms with Gasteiger partial charge in [-0.15, -0.1) is 13.2 Å². The maximum absolute atomic E-state index is 14.3. The fourth-order valence-electron chi connectivity index (χ4n) is 3.65. The fraction of sp³-hybridized carbons (Fsp3) is 0.167. The van der Waals surface area contributed by atoms with Gasteiger partial charge in [0.2, 0.25) is 0 Å². The van der Waals surface area contributed by atoms with Crippen LogP contribution in [0, 0.1) is 11.6 Å². The summed E-state index contributed by atoms with van der Waals surface area (Å²) >= 11 is 5.13. The van der Waals surface area contributed by atoms with E-state index in [0.29, 0.717) is 5.56 Å². The Morgan fingerprint density at radius 1 is 0.941 bits per heavy atom. The number of halogens is 5. The normalized spacial score (nSPS) is 15.5. The smallest absolute Gasteiger partial charge is 0.406 e. The first-order valence-corrected chi connectivity index (χ1v) is 10.1. The molecule has 0 spiro atoms. The molecule has 10 heteroatoms. The Bertz CT molecular complexity index is 1190. The van der Waals surface area contributed by atoms with Gasteiger partial charge in [0.1, 0.15) is 23.2 Å². The third-order valence-electron chi connectivity index (χ3n) is 5.09. The molecule has 3 aromatic carbocycles. The molecule has 2 N–H and O–H groups in total. The van der Waals surface area contributed by atoms with E-state index in [1.54, 1.807) is 24.3 Å². The first-order valence-electron chi connectivity index (χ1n) is 9.67. The SMILES string of the molecule is C.NC(=S)N1C(c2c(F)cccc2F)=NCC1c1ccc(-c2ccc(OC(F)(F)F)cc2)cc1. The van der Waals surface area contributed by atoms with Crippen molar-refractivity contribution in [2.24, 2.45) is 10.7 Å². The Morgan fingerprint density at radius 2 is 1.47 bits per heavy atom. The molecule has 1 unspecified atom stereocenters. The van der Waals surface area contributed by atoms with Gasteiger partial charge < -0.3 is 10.5 Å². The van der Waals surface area contributed by atoms with Crippen molar-refractivity contribution in [1.82, 2.24) is 4.90 Å². The number of rotatable bonds is 4. The lowest BCUT2D eigenvalue weighted by Gasteiger charge is -2.27. The minimum atomic E-state index is -4.76. The van der Waals surface area contributed by atoms with Gasteiger partial charge in [0.15, 0.2) is 5.11 Å². The molecule has 0 bridgehead atoms. The molecule has 4 nitrogen and oxygen atoms in total. The minimum absolute atomic E-state index is 0. The first kappa shape index (κ1) is 25.1. The van der Waals surface area contributed by atoms with Gasteiger partial charge in [-0.2, -0.15) is 0 Å². The van der Waals surface area contributed by atoms with Crippen LogP contribution in [0.25, 0.3) is 11.1 Å². The lowest BCUT2D eigenvalue weighted by Crippen LogP contribution is -2.41. The lowest BCUT2D eigenvalue weighted by molar-refractivity contribution is -0.274. The maximum Gasteiger partial charge on any atom is 0.573 e. The molecule has 0 saturated carbocycles. The number of hydrogen-bond acceptors (Lipinski definition) is 3. The number of nitrogens with zero attached hydrogens (tertiary/aromatic N) is 2. The average molecular weight is 494 g/mol. The molecule has 0 fully saturated rings. The molecule has 178 valence electrons. The van der Waals surface area contributed by atoms with Gasteiger partial charge in [0.05, 0.1) is 18.2 Å². The van der Waals surface area contributed by atoms with E-state index >= 15 is 0 Å². The molecule has 34 heavy (non-hydrogen) atoms. The van der Waals surface area contributed by atoms with Crippen molar-refractivity contribution in [1.29, 1.82) is 0 Å². The van der Waals surface area contributed by atoms with Crippen molar-refractivity contribution in [2.75, 3.05) is 6.54 Å². The number of hydrogen-bond donors (Lipinski definition) is 1. The second-order valence-electron chi connectivity index (χ2n) is 7.18. The summed E-state index contributed by atoms with van der Waals surface area (Å²) in [6.07, 6.45) is -4.76. The van der Waals surface area contributed by atoms with Crippen LogP contribution < -0.4 is 10.5 Å². The predicted octanol–water partition coefficient (Wildman–Crippen LogP) is 6.21. The van der Waals surface area contributed by atoms with Gasteiger partial charge in [-0.25, -0.2) is 8.78 Å². The molecule has 3 aromatic rings. The average Bonchev–Trinajstić information content (AvgIpc) is 3.18. The highest BCUT2D eigenvalue weighted by molar-refractivity contribution is 7.80. The Balaban J connectivity index is 0.00000324. The van der Waals surface area contributed by atoms with Gasteiger partial charge in [-0.1, -0.05) is 49.9 Å². The standard InChI is InChI=1S/C23H16F5N3OS.CH4/c24-17-2-1-3-18(25)20(17)21-30-12-19(31(21)22(29)33)15-6-4-13(5-7-15)14-8-10-16(11-9-14)32-23(26,27)28;/h1-11,19H,12H2,(H2,29,33);1H4. The van der Waals surface area contributed by atoms with Gasteiger partial charge >= 0.3 is 6.36 Å². The van der Waals surface area contributed by atoms with Crippen molar-refractivity contribution in [2.45, 2.75) is 19.8 Å². The number of nitrogens with two attached hydrogens (primary N) is 1. The first-order chi connectivity index (χ1) is 15.6. The van der Waals surface area contributed by atoms with E-state index in [2.05, 4.69) is 9.73 Å². The number of thiocarbonyl (C=S) groups is 1. The molecule has 0 aliphatic carbocycles. The van der Waals surface area contributed by atoms with Crippen LogP contribution in [0.4, 0.5) is 22.0 Å². The largest absolute Gasteiger partial charge is 0.573 e. The maximum atomic E-state index is 14.3. The number of alkyl halides is 3. The highest BCUT2D eigenvalue weighted by Gasteiger charge is 2.34. The summed E-state index contributed by atoms with van der Waals surface area (Å²) in [5, 5.41) is -0.0803. The summed E-state index contributed by atoms with van der Waals surface area (Å²) in [4.78, 5) is 5.71. The quantitative estimate of drug-likeness (QED) is 0.347. The zero-order valence-corrected chi connectivity index (χ0v) is 17.6. The predicted molar refractivity (Wildman–Crippen MR) is 124 cm³/mol. The molecular formula is C24H20F5N3OS. The van der Waals surface area contributed by atoms with Gasteiger partial charge in [0.25, 0.3) is 0 Å². The van der Waals surface area contributed by atoms with Gasteiger partial charge in [-0.05, 0) is 53.2 Å². The molecule has 1 aliphatic heterocycles. The van der Waals surface area contributed by atoms with Crippen molar-refractivity contribution >= 4 is 23.2 Å². The van der Waals surface area contributed by atoms with E-state index in [0.717, 1.165) is 23.3 Å². The van der Waals surface area contributed by atoms with Crippen molar-refractivity contribution in [3.05, 3.63) is 89.5 Å². The Hall–Kier alpha value is -3.53. The van der Waals surface area contributed by atoms with E-state index < -0.39 is 24.0 Å². The van der Waals surface area contributed by atoms with Crippen molar-refractivity contribution in [3.8, 4) is 16.9 Å². The molecule has 1 atom stereocenters. The van der Waals surface area contributed by atoms with E-state index in [1.807, 2.05) is 0 Å². The van der Waals surface area contributed by atoms with Gasteiger partial charge in [-0.3, -0.25) is 9.89 Å². The third kappa shape index (κ3) is 5.17. The van der Waals surface area contributed by atoms with E-state index in [-0.39, 0.29) is 36.2 Å². The second-order valence-corrected chi connectivity index (χ2v) is 7.60. The van der Waals surface area contributed by atoms with Crippen molar-refractivity contribution < 1.29 is 26.7 Å². The van der Waals surface area contributed by atoms with Crippen LogP contribution in [0.2, 0.25) is 0 Å². The van der Waals surface area contributed by atoms with Crippen LogP contribution in [-0.4, -0.2) is 28.8 Å². The van der Waals surface area contributed by atoms with E-state index in [1.165, 1.54) is 35.2 Å². The summed E-state index contributed by atoms with van der Waals surface area (Å²) in [5.74, 6) is -1.84. The second kappa shape index (κ2) is 9.76.